The Hall–Kier alpha value is -1.37. The molecule has 3 nitrogen and oxygen atoms in total. The summed E-state index contributed by atoms with van der Waals surface area (Å²) in [5, 5.41) is 12.2. The maximum atomic E-state index is 8.83. The zero-order valence-corrected chi connectivity index (χ0v) is 10.7. The second kappa shape index (κ2) is 7.05. The summed E-state index contributed by atoms with van der Waals surface area (Å²) in [5.41, 5.74) is 1.84. The smallest absolute Gasteiger partial charge is 0.0991 e. The van der Waals surface area contributed by atoms with Gasteiger partial charge in [0.05, 0.1) is 24.3 Å². The number of ether oxygens (including phenoxy) is 1. The fraction of sp³-hybridized carbons (Fsp3) is 0.500. The molecule has 1 aromatic rings. The van der Waals surface area contributed by atoms with E-state index in [2.05, 4.69) is 18.3 Å². The summed E-state index contributed by atoms with van der Waals surface area (Å²) < 4.78 is 5.46. The lowest BCUT2D eigenvalue weighted by atomic mass is 10.1. The summed E-state index contributed by atoms with van der Waals surface area (Å²) in [6.45, 7) is 7.67. The number of nitrogens with zero attached hydrogens (tertiary/aromatic N) is 1. The van der Waals surface area contributed by atoms with Crippen LogP contribution in [-0.2, 0) is 4.74 Å². The standard InChI is InChI=1S/C14H20N2O/c1-11(2)17-8-7-16-12(3)14-6-4-5-13(9-14)10-15/h4-6,9,11-12,16H,7-8H2,1-3H3. The molecular weight excluding hydrogens is 212 g/mol. The summed E-state index contributed by atoms with van der Waals surface area (Å²) in [6, 6.07) is 10.1. The lowest BCUT2D eigenvalue weighted by Crippen LogP contribution is -2.24. The van der Waals surface area contributed by atoms with Crippen LogP contribution < -0.4 is 5.32 Å². The molecule has 1 rings (SSSR count). The number of rotatable bonds is 6. The molecule has 3 heteroatoms. The molecule has 1 aromatic carbocycles. The number of hydrogen-bond acceptors (Lipinski definition) is 3. The zero-order chi connectivity index (χ0) is 12.7. The number of nitriles is 1. The quantitative estimate of drug-likeness (QED) is 0.767. The average Bonchev–Trinajstić information content (AvgIpc) is 2.34. The van der Waals surface area contributed by atoms with E-state index < -0.39 is 0 Å². The van der Waals surface area contributed by atoms with E-state index >= 15 is 0 Å². The van der Waals surface area contributed by atoms with E-state index in [1.807, 2.05) is 38.1 Å². The van der Waals surface area contributed by atoms with E-state index in [1.165, 1.54) is 0 Å². The molecule has 0 aliphatic carbocycles. The number of hydrogen-bond donors (Lipinski definition) is 1. The highest BCUT2D eigenvalue weighted by Gasteiger charge is 2.05. The predicted molar refractivity (Wildman–Crippen MR) is 68.7 cm³/mol. The molecule has 0 aliphatic heterocycles. The molecule has 0 heterocycles. The van der Waals surface area contributed by atoms with Gasteiger partial charge in [-0.25, -0.2) is 0 Å². The van der Waals surface area contributed by atoms with Gasteiger partial charge in [0.15, 0.2) is 0 Å². The molecule has 0 aliphatic rings. The second-order valence-electron chi connectivity index (χ2n) is 4.33. The van der Waals surface area contributed by atoms with Crippen molar-refractivity contribution < 1.29 is 4.74 Å². The maximum Gasteiger partial charge on any atom is 0.0991 e. The zero-order valence-electron chi connectivity index (χ0n) is 10.7. The summed E-state index contributed by atoms with van der Waals surface area (Å²) in [6.07, 6.45) is 0.272. The minimum absolute atomic E-state index is 0.235. The van der Waals surface area contributed by atoms with E-state index in [1.54, 1.807) is 0 Å². The van der Waals surface area contributed by atoms with Crippen LogP contribution in [0.15, 0.2) is 24.3 Å². The topological polar surface area (TPSA) is 45.0 Å². The van der Waals surface area contributed by atoms with E-state index in [0.717, 1.165) is 12.1 Å². The highest BCUT2D eigenvalue weighted by atomic mass is 16.5. The third kappa shape index (κ3) is 4.99. The Balaban J connectivity index is 2.41. The summed E-state index contributed by atoms with van der Waals surface area (Å²) in [5.74, 6) is 0. The number of nitrogens with one attached hydrogen (secondary N) is 1. The third-order valence-corrected chi connectivity index (χ3v) is 2.52. The monoisotopic (exact) mass is 232 g/mol. The van der Waals surface area contributed by atoms with E-state index in [4.69, 9.17) is 10.00 Å². The van der Waals surface area contributed by atoms with Crippen LogP contribution in [0.4, 0.5) is 0 Å². The Morgan fingerprint density at radius 3 is 2.76 bits per heavy atom. The molecule has 17 heavy (non-hydrogen) atoms. The van der Waals surface area contributed by atoms with Gasteiger partial charge in [-0.05, 0) is 38.5 Å². The van der Waals surface area contributed by atoms with Crippen LogP contribution in [0.5, 0.6) is 0 Å². The van der Waals surface area contributed by atoms with E-state index in [9.17, 15) is 0 Å². The summed E-state index contributed by atoms with van der Waals surface area (Å²) in [7, 11) is 0. The molecule has 1 N–H and O–H groups in total. The molecule has 0 amide bonds. The van der Waals surface area contributed by atoms with Crippen LogP contribution >= 0.6 is 0 Å². The van der Waals surface area contributed by atoms with Crippen molar-refractivity contribution in [1.29, 1.82) is 5.26 Å². The van der Waals surface area contributed by atoms with Crippen LogP contribution in [0, 0.1) is 11.3 Å². The van der Waals surface area contributed by atoms with Crippen LogP contribution in [0.1, 0.15) is 37.9 Å². The van der Waals surface area contributed by atoms with Crippen LogP contribution in [0.3, 0.4) is 0 Å². The van der Waals surface area contributed by atoms with Crippen molar-refractivity contribution in [1.82, 2.24) is 5.32 Å². The molecule has 92 valence electrons. The van der Waals surface area contributed by atoms with Gasteiger partial charge in [0.2, 0.25) is 0 Å². The van der Waals surface area contributed by atoms with Gasteiger partial charge < -0.3 is 10.1 Å². The van der Waals surface area contributed by atoms with Gasteiger partial charge in [0.25, 0.3) is 0 Å². The van der Waals surface area contributed by atoms with Gasteiger partial charge in [-0.1, -0.05) is 12.1 Å². The molecule has 1 atom stereocenters. The molecule has 0 saturated heterocycles. The normalized spacial score (nSPS) is 12.4. The van der Waals surface area contributed by atoms with E-state index in [-0.39, 0.29) is 12.1 Å². The Labute approximate surface area is 103 Å². The summed E-state index contributed by atoms with van der Waals surface area (Å²) >= 11 is 0. The van der Waals surface area contributed by atoms with Crippen molar-refractivity contribution in [2.75, 3.05) is 13.2 Å². The lowest BCUT2D eigenvalue weighted by Gasteiger charge is -2.15. The van der Waals surface area contributed by atoms with E-state index in [0.29, 0.717) is 12.2 Å². The highest BCUT2D eigenvalue weighted by Crippen LogP contribution is 2.13. The molecular formula is C14H20N2O. The Kier molecular flexibility index (Phi) is 5.68. The third-order valence-electron chi connectivity index (χ3n) is 2.52. The van der Waals surface area contributed by atoms with Gasteiger partial charge in [0.1, 0.15) is 0 Å². The van der Waals surface area contributed by atoms with Crippen LogP contribution in [-0.4, -0.2) is 19.3 Å². The molecule has 0 spiro atoms. The Bertz CT molecular complexity index is 382. The van der Waals surface area contributed by atoms with Crippen molar-refractivity contribution in [3.8, 4) is 6.07 Å². The van der Waals surface area contributed by atoms with Crippen molar-refractivity contribution in [3.63, 3.8) is 0 Å². The molecule has 0 fully saturated rings. The van der Waals surface area contributed by atoms with Crippen molar-refractivity contribution in [2.24, 2.45) is 0 Å². The van der Waals surface area contributed by atoms with Crippen molar-refractivity contribution in [2.45, 2.75) is 32.9 Å². The van der Waals surface area contributed by atoms with Gasteiger partial charge in [-0.15, -0.1) is 0 Å². The maximum absolute atomic E-state index is 8.83. The van der Waals surface area contributed by atoms with Crippen LogP contribution in [0.25, 0.3) is 0 Å². The second-order valence-corrected chi connectivity index (χ2v) is 4.33. The fourth-order valence-corrected chi connectivity index (χ4v) is 1.57. The number of benzene rings is 1. The van der Waals surface area contributed by atoms with Crippen molar-refractivity contribution >= 4 is 0 Å². The Morgan fingerprint density at radius 1 is 1.35 bits per heavy atom. The van der Waals surface area contributed by atoms with Gasteiger partial charge >= 0.3 is 0 Å². The minimum Gasteiger partial charge on any atom is -0.377 e. The van der Waals surface area contributed by atoms with Crippen LogP contribution in [0.2, 0.25) is 0 Å². The van der Waals surface area contributed by atoms with Crippen molar-refractivity contribution in [3.05, 3.63) is 35.4 Å². The molecule has 1 unspecified atom stereocenters. The first-order valence-corrected chi connectivity index (χ1v) is 5.98. The molecule has 0 bridgehead atoms. The summed E-state index contributed by atoms with van der Waals surface area (Å²) in [4.78, 5) is 0. The highest BCUT2D eigenvalue weighted by molar-refractivity contribution is 5.33. The fourth-order valence-electron chi connectivity index (χ4n) is 1.57. The minimum atomic E-state index is 0.235. The first-order chi connectivity index (χ1) is 8.13. The van der Waals surface area contributed by atoms with Gasteiger partial charge in [-0.2, -0.15) is 5.26 Å². The lowest BCUT2D eigenvalue weighted by molar-refractivity contribution is 0.0796. The first-order valence-electron chi connectivity index (χ1n) is 5.98. The average molecular weight is 232 g/mol. The predicted octanol–water partition coefficient (Wildman–Crippen LogP) is 2.63. The first kappa shape index (κ1) is 13.7. The largest absolute Gasteiger partial charge is 0.377 e. The molecule has 0 radical (unpaired) electrons. The molecule has 0 saturated carbocycles. The van der Waals surface area contributed by atoms with Gasteiger partial charge in [0, 0.05) is 12.6 Å². The SMILES string of the molecule is CC(C)OCCNC(C)c1cccc(C#N)c1. The molecule has 0 aromatic heterocycles. The Morgan fingerprint density at radius 2 is 2.12 bits per heavy atom. The van der Waals surface area contributed by atoms with Gasteiger partial charge in [-0.3, -0.25) is 0 Å².